The van der Waals surface area contributed by atoms with Gasteiger partial charge < -0.3 is 11.5 Å². The first-order valence-corrected chi connectivity index (χ1v) is 7.64. The largest absolute Gasteiger partial charge is 0.369 e. The molecule has 1 aliphatic carbocycles. The molecule has 88 valence electrons. The van der Waals surface area contributed by atoms with Crippen molar-refractivity contribution in [1.82, 2.24) is 0 Å². The van der Waals surface area contributed by atoms with E-state index in [0.29, 0.717) is 5.57 Å². The Morgan fingerprint density at radius 3 is 2.25 bits per heavy atom. The summed E-state index contributed by atoms with van der Waals surface area (Å²) in [7, 11) is 0. The number of nitrogens with two attached hydrogens (primary N) is 2. The first-order chi connectivity index (χ1) is 7.22. The fourth-order valence-electron chi connectivity index (χ4n) is 1.35. The molecule has 1 aliphatic rings. The Kier molecular flexibility index (Phi) is 4.66. The molecule has 4 N–H and O–H groups in total. The number of rotatable bonds is 2. The number of amides is 2. The van der Waals surface area contributed by atoms with Crippen molar-refractivity contribution in [1.29, 1.82) is 0 Å². The van der Waals surface area contributed by atoms with Crippen LogP contribution in [-0.2, 0) is 9.59 Å². The van der Waals surface area contributed by atoms with Crippen LogP contribution in [0.1, 0.15) is 6.92 Å². The maximum Gasteiger partial charge on any atom is 0.246 e. The first-order valence-electron chi connectivity index (χ1n) is 4.24. The summed E-state index contributed by atoms with van der Waals surface area (Å²) < 4.78 is 1.27. The van der Waals surface area contributed by atoms with Crippen LogP contribution in [-0.4, -0.2) is 15.7 Å². The van der Waals surface area contributed by atoms with E-state index in [4.69, 9.17) is 11.5 Å². The van der Waals surface area contributed by atoms with Crippen LogP contribution >= 0.6 is 67.8 Å². The van der Waals surface area contributed by atoms with Crippen molar-refractivity contribution < 1.29 is 9.59 Å². The highest BCUT2D eigenvalue weighted by atomic mass is 127. The second kappa shape index (κ2) is 5.08. The lowest BCUT2D eigenvalue weighted by Crippen LogP contribution is -2.46. The number of hydrogen-bond acceptors (Lipinski definition) is 2. The van der Waals surface area contributed by atoms with Gasteiger partial charge in [-0.15, -0.1) is 0 Å². The van der Waals surface area contributed by atoms with Crippen LogP contribution in [0.5, 0.6) is 0 Å². The van der Waals surface area contributed by atoms with Crippen molar-refractivity contribution in [3.05, 3.63) is 18.8 Å². The Labute approximate surface area is 134 Å². The van der Waals surface area contributed by atoms with Gasteiger partial charge in [0.05, 0.1) is 9.34 Å². The lowest BCUT2D eigenvalue weighted by atomic mass is 9.79. The quantitative estimate of drug-likeness (QED) is 0.401. The summed E-state index contributed by atoms with van der Waals surface area (Å²) >= 11 is 6.17. The maximum absolute atomic E-state index is 11.6. The van der Waals surface area contributed by atoms with Gasteiger partial charge in [0, 0.05) is 12.7 Å². The predicted molar refractivity (Wildman–Crippen MR) is 87.5 cm³/mol. The van der Waals surface area contributed by atoms with Gasteiger partial charge >= 0.3 is 0 Å². The maximum atomic E-state index is 11.6. The molecule has 4 nitrogen and oxygen atoms in total. The number of hydrogen-bond donors (Lipinski definition) is 2. The van der Waals surface area contributed by atoms with E-state index in [-0.39, 0.29) is 3.92 Å². The number of halogens is 3. The van der Waals surface area contributed by atoms with Crippen LogP contribution < -0.4 is 11.5 Å². The molecule has 0 heterocycles. The molecule has 7 heteroatoms. The molecular weight excluding hydrogens is 549 g/mol. The normalized spacial score (nSPS) is 30.0. The lowest BCUT2D eigenvalue weighted by molar-refractivity contribution is -0.124. The molecule has 0 saturated carbocycles. The molecule has 0 spiro atoms. The van der Waals surface area contributed by atoms with E-state index in [1.807, 2.05) is 45.2 Å². The number of alkyl halides is 1. The molecule has 0 aliphatic heterocycles. The summed E-state index contributed by atoms with van der Waals surface area (Å²) in [6, 6.07) is 0. The van der Waals surface area contributed by atoms with Gasteiger partial charge in [0.25, 0.3) is 0 Å². The van der Waals surface area contributed by atoms with Crippen LogP contribution in [0, 0.1) is 5.41 Å². The van der Waals surface area contributed by atoms with Gasteiger partial charge in [-0.3, -0.25) is 9.59 Å². The summed E-state index contributed by atoms with van der Waals surface area (Å²) in [5, 5.41) is 0. The summed E-state index contributed by atoms with van der Waals surface area (Å²) in [6.45, 7) is 1.73. The average Bonchev–Trinajstić information content (AvgIpc) is 2.13. The van der Waals surface area contributed by atoms with E-state index in [1.54, 1.807) is 13.0 Å². The van der Waals surface area contributed by atoms with Gasteiger partial charge in [-0.2, -0.15) is 0 Å². The summed E-state index contributed by atoms with van der Waals surface area (Å²) in [6.07, 6.45) is 1.78. The lowest BCUT2D eigenvalue weighted by Gasteiger charge is -2.35. The van der Waals surface area contributed by atoms with Crippen molar-refractivity contribution in [3.8, 4) is 0 Å². The van der Waals surface area contributed by atoms with Crippen molar-refractivity contribution in [2.75, 3.05) is 0 Å². The number of carbonyl (C=O) groups excluding carboxylic acids is 2. The van der Waals surface area contributed by atoms with Crippen molar-refractivity contribution in [2.24, 2.45) is 16.9 Å². The molecule has 0 aromatic carbocycles. The van der Waals surface area contributed by atoms with E-state index >= 15 is 0 Å². The predicted octanol–water partition coefficient (Wildman–Crippen LogP) is 1.79. The second-order valence-electron chi connectivity index (χ2n) is 3.55. The third-order valence-corrected chi connectivity index (χ3v) is 6.74. The molecule has 2 amide bonds. The third-order valence-electron chi connectivity index (χ3n) is 2.54. The van der Waals surface area contributed by atoms with E-state index in [1.165, 1.54) is 0 Å². The average molecular weight is 558 g/mol. The SMILES string of the molecule is CC1(C(N)=O)C(I)=CC(I)=C(C(N)=O)C1I. The molecule has 1 rings (SSSR count). The molecule has 2 unspecified atom stereocenters. The Morgan fingerprint density at radius 1 is 1.38 bits per heavy atom. The van der Waals surface area contributed by atoms with E-state index in [2.05, 4.69) is 22.6 Å². The zero-order valence-corrected chi connectivity index (χ0v) is 14.7. The number of carbonyl (C=O) groups is 2. The van der Waals surface area contributed by atoms with E-state index in [0.717, 1.165) is 7.16 Å². The van der Waals surface area contributed by atoms with Crippen LogP contribution in [0.15, 0.2) is 18.8 Å². The third kappa shape index (κ3) is 2.26. The van der Waals surface area contributed by atoms with Crippen LogP contribution in [0.3, 0.4) is 0 Å². The minimum atomic E-state index is -0.861. The highest BCUT2D eigenvalue weighted by Gasteiger charge is 2.47. The zero-order chi connectivity index (χ0) is 12.7. The van der Waals surface area contributed by atoms with Gasteiger partial charge in [0.2, 0.25) is 11.8 Å². The fourth-order valence-corrected chi connectivity index (χ4v) is 6.20. The fraction of sp³-hybridized carbons (Fsp3) is 0.333. The summed E-state index contributed by atoms with van der Waals surface area (Å²) in [4.78, 5) is 22.9. The molecule has 0 saturated heterocycles. The Hall–Kier alpha value is 0.610. The minimum Gasteiger partial charge on any atom is -0.369 e. The zero-order valence-electron chi connectivity index (χ0n) is 8.26. The Morgan fingerprint density at radius 2 is 1.88 bits per heavy atom. The van der Waals surface area contributed by atoms with Crippen LogP contribution in [0.2, 0.25) is 0 Å². The van der Waals surface area contributed by atoms with E-state index < -0.39 is 17.2 Å². The molecule has 0 aromatic heterocycles. The molecular formula is C9H9I3N2O2. The number of allylic oxidation sites excluding steroid dienone is 2. The summed E-state index contributed by atoms with van der Waals surface area (Å²) in [5.74, 6) is -0.952. The molecule has 0 aromatic rings. The minimum absolute atomic E-state index is 0.330. The van der Waals surface area contributed by atoms with Gasteiger partial charge in [-0.1, -0.05) is 22.6 Å². The number of primary amides is 2. The van der Waals surface area contributed by atoms with Crippen molar-refractivity contribution >= 4 is 79.6 Å². The molecule has 16 heavy (non-hydrogen) atoms. The van der Waals surface area contributed by atoms with E-state index in [9.17, 15) is 9.59 Å². The Balaban J connectivity index is 3.42. The highest BCUT2D eigenvalue weighted by molar-refractivity contribution is 14.1. The highest BCUT2D eigenvalue weighted by Crippen LogP contribution is 2.48. The van der Waals surface area contributed by atoms with Gasteiger partial charge in [0.1, 0.15) is 0 Å². The standard InChI is InChI=1S/C9H9I3N2O2/c1-9(8(14)16)4(11)2-3(10)5(6(9)12)7(13)15/h2,6H,1H3,(H2,13,15)(H2,14,16). The topological polar surface area (TPSA) is 86.2 Å². The van der Waals surface area contributed by atoms with Crippen molar-refractivity contribution in [2.45, 2.75) is 10.8 Å². The van der Waals surface area contributed by atoms with Gasteiger partial charge in [-0.05, 0) is 58.2 Å². The van der Waals surface area contributed by atoms with Gasteiger partial charge in [-0.25, -0.2) is 0 Å². The second-order valence-corrected chi connectivity index (χ2v) is 7.12. The molecule has 0 fully saturated rings. The smallest absolute Gasteiger partial charge is 0.246 e. The van der Waals surface area contributed by atoms with Crippen molar-refractivity contribution in [3.63, 3.8) is 0 Å². The molecule has 2 atom stereocenters. The molecule has 0 bridgehead atoms. The van der Waals surface area contributed by atoms with Gasteiger partial charge in [0.15, 0.2) is 0 Å². The van der Waals surface area contributed by atoms with Crippen LogP contribution in [0.4, 0.5) is 0 Å². The molecule has 0 radical (unpaired) electrons. The first kappa shape index (κ1) is 14.7. The summed E-state index contributed by atoms with van der Waals surface area (Å²) in [5.41, 5.74) is 10.3. The monoisotopic (exact) mass is 558 g/mol. The van der Waals surface area contributed by atoms with Crippen LogP contribution in [0.25, 0.3) is 0 Å². The Bertz CT molecular complexity index is 430.